The number of hydrogen-bond donors (Lipinski definition) is 1. The first-order chi connectivity index (χ1) is 8.29. The fourth-order valence-corrected chi connectivity index (χ4v) is 2.00. The van der Waals surface area contributed by atoms with Crippen molar-refractivity contribution < 1.29 is 9.15 Å². The molecule has 1 aromatic heterocycles. The minimum atomic E-state index is -0.113. The Balaban J connectivity index is 2.01. The Labute approximate surface area is 109 Å². The van der Waals surface area contributed by atoms with Gasteiger partial charge < -0.3 is 14.9 Å². The van der Waals surface area contributed by atoms with Crippen molar-refractivity contribution in [3.63, 3.8) is 0 Å². The van der Waals surface area contributed by atoms with Crippen molar-refractivity contribution in [1.82, 2.24) is 0 Å². The Bertz CT molecular complexity index is 456. The van der Waals surface area contributed by atoms with Gasteiger partial charge in [-0.25, -0.2) is 0 Å². The predicted molar refractivity (Wildman–Crippen MR) is 69.4 cm³/mol. The zero-order chi connectivity index (χ0) is 12.1. The molecule has 2 N–H and O–H groups in total. The molecule has 3 nitrogen and oxygen atoms in total. The highest BCUT2D eigenvalue weighted by Gasteiger charge is 2.11. The van der Waals surface area contributed by atoms with Crippen LogP contribution in [0.4, 0.5) is 0 Å². The number of hydrogen-bond acceptors (Lipinski definition) is 3. The van der Waals surface area contributed by atoms with E-state index < -0.39 is 0 Å². The van der Waals surface area contributed by atoms with Crippen molar-refractivity contribution in [1.29, 1.82) is 0 Å². The maximum Gasteiger partial charge on any atom is 0.129 e. The summed E-state index contributed by atoms with van der Waals surface area (Å²) in [4.78, 5) is 0. The molecule has 0 radical (unpaired) electrons. The van der Waals surface area contributed by atoms with Crippen LogP contribution in [0.15, 0.2) is 51.6 Å². The molecule has 0 saturated heterocycles. The lowest BCUT2D eigenvalue weighted by Gasteiger charge is -2.15. The van der Waals surface area contributed by atoms with Gasteiger partial charge in [0, 0.05) is 11.0 Å². The van der Waals surface area contributed by atoms with Crippen LogP contribution in [0.1, 0.15) is 17.4 Å². The van der Waals surface area contributed by atoms with E-state index >= 15 is 0 Å². The molecule has 1 aromatic carbocycles. The van der Waals surface area contributed by atoms with Crippen LogP contribution in [0.2, 0.25) is 0 Å². The van der Waals surface area contributed by atoms with Crippen LogP contribution in [0.5, 0.6) is 0 Å². The summed E-state index contributed by atoms with van der Waals surface area (Å²) in [5.74, 6) is 0.804. The maximum atomic E-state index is 5.74. The highest BCUT2D eigenvalue weighted by atomic mass is 79.9. The van der Waals surface area contributed by atoms with E-state index in [1.807, 2.05) is 36.4 Å². The summed E-state index contributed by atoms with van der Waals surface area (Å²) in [6.07, 6.45) is 1.52. The summed E-state index contributed by atoms with van der Waals surface area (Å²) >= 11 is 3.43. The summed E-state index contributed by atoms with van der Waals surface area (Å²) < 4.78 is 12.0. The Morgan fingerprint density at radius 3 is 2.82 bits per heavy atom. The molecule has 1 unspecified atom stereocenters. The van der Waals surface area contributed by atoms with Crippen LogP contribution < -0.4 is 5.73 Å². The Morgan fingerprint density at radius 1 is 1.29 bits per heavy atom. The molecule has 2 aromatic rings. The molecule has 0 fully saturated rings. The third kappa shape index (κ3) is 3.43. The number of rotatable bonds is 5. The topological polar surface area (TPSA) is 48.4 Å². The lowest BCUT2D eigenvalue weighted by Crippen LogP contribution is -2.15. The van der Waals surface area contributed by atoms with E-state index in [4.69, 9.17) is 14.9 Å². The van der Waals surface area contributed by atoms with Crippen LogP contribution in [-0.4, -0.2) is 6.54 Å². The molecule has 0 aliphatic rings. The van der Waals surface area contributed by atoms with Crippen LogP contribution in [0.3, 0.4) is 0 Å². The third-order valence-corrected chi connectivity index (χ3v) is 2.93. The summed E-state index contributed by atoms with van der Waals surface area (Å²) in [6.45, 7) is 0.874. The highest BCUT2D eigenvalue weighted by molar-refractivity contribution is 9.10. The van der Waals surface area contributed by atoms with Gasteiger partial charge >= 0.3 is 0 Å². The fraction of sp³-hybridized carbons (Fsp3) is 0.231. The van der Waals surface area contributed by atoms with E-state index in [1.54, 1.807) is 6.26 Å². The SMILES string of the molecule is NCC(OCc1ccco1)c1cccc(Br)c1. The second-order valence-electron chi connectivity index (χ2n) is 3.67. The van der Waals surface area contributed by atoms with E-state index in [9.17, 15) is 0 Å². The Morgan fingerprint density at radius 2 is 2.18 bits per heavy atom. The largest absolute Gasteiger partial charge is 0.467 e. The highest BCUT2D eigenvalue weighted by Crippen LogP contribution is 2.21. The summed E-state index contributed by atoms with van der Waals surface area (Å²) in [6, 6.07) is 11.7. The molecule has 0 amide bonds. The fourth-order valence-electron chi connectivity index (χ4n) is 1.58. The molecule has 90 valence electrons. The molecule has 0 aliphatic carbocycles. The first-order valence-corrected chi connectivity index (χ1v) is 6.18. The molecule has 2 rings (SSSR count). The molecule has 0 bridgehead atoms. The van der Waals surface area contributed by atoms with Gasteiger partial charge in [-0.05, 0) is 29.8 Å². The van der Waals surface area contributed by atoms with Crippen molar-refractivity contribution in [2.24, 2.45) is 5.73 Å². The van der Waals surface area contributed by atoms with Crippen LogP contribution in [0.25, 0.3) is 0 Å². The molecular formula is C13H14BrNO2. The van der Waals surface area contributed by atoms with Crippen LogP contribution in [-0.2, 0) is 11.3 Å². The lowest BCUT2D eigenvalue weighted by molar-refractivity contribution is 0.0355. The zero-order valence-electron chi connectivity index (χ0n) is 9.30. The predicted octanol–water partition coefficient (Wildman–Crippen LogP) is 3.26. The number of halogens is 1. The molecule has 17 heavy (non-hydrogen) atoms. The molecular weight excluding hydrogens is 282 g/mol. The van der Waals surface area contributed by atoms with Gasteiger partial charge in [-0.2, -0.15) is 0 Å². The van der Waals surface area contributed by atoms with Gasteiger partial charge in [0.2, 0.25) is 0 Å². The second-order valence-corrected chi connectivity index (χ2v) is 4.59. The normalized spacial score (nSPS) is 12.6. The standard InChI is InChI=1S/C13H14BrNO2/c14-11-4-1-3-10(7-11)13(8-15)17-9-12-5-2-6-16-12/h1-7,13H,8-9,15H2. The number of ether oxygens (including phenoxy) is 1. The van der Waals surface area contributed by atoms with E-state index in [0.29, 0.717) is 13.2 Å². The molecule has 1 heterocycles. The molecule has 0 spiro atoms. The van der Waals surface area contributed by atoms with Crippen molar-refractivity contribution in [3.05, 3.63) is 58.5 Å². The Hall–Kier alpha value is -1.10. The molecule has 0 saturated carbocycles. The van der Waals surface area contributed by atoms with Crippen molar-refractivity contribution in [3.8, 4) is 0 Å². The number of furan rings is 1. The van der Waals surface area contributed by atoms with Gasteiger partial charge in [-0.1, -0.05) is 28.1 Å². The van der Waals surface area contributed by atoms with Gasteiger partial charge in [-0.3, -0.25) is 0 Å². The van der Waals surface area contributed by atoms with E-state index in [1.165, 1.54) is 0 Å². The first kappa shape index (κ1) is 12.4. The van der Waals surface area contributed by atoms with Crippen LogP contribution >= 0.6 is 15.9 Å². The Kier molecular flexibility index (Phi) is 4.36. The van der Waals surface area contributed by atoms with Gasteiger partial charge in [0.1, 0.15) is 12.4 Å². The minimum absolute atomic E-state index is 0.113. The van der Waals surface area contributed by atoms with Crippen LogP contribution in [0, 0.1) is 0 Å². The van der Waals surface area contributed by atoms with E-state index in [2.05, 4.69) is 15.9 Å². The maximum absolute atomic E-state index is 5.74. The van der Waals surface area contributed by atoms with E-state index in [-0.39, 0.29) is 6.10 Å². The molecule has 1 atom stereocenters. The summed E-state index contributed by atoms with van der Waals surface area (Å²) in [7, 11) is 0. The summed E-state index contributed by atoms with van der Waals surface area (Å²) in [5, 5.41) is 0. The number of nitrogens with two attached hydrogens (primary N) is 1. The first-order valence-electron chi connectivity index (χ1n) is 5.39. The van der Waals surface area contributed by atoms with Crippen molar-refractivity contribution in [2.45, 2.75) is 12.7 Å². The average molecular weight is 296 g/mol. The minimum Gasteiger partial charge on any atom is -0.467 e. The van der Waals surface area contributed by atoms with Crippen molar-refractivity contribution >= 4 is 15.9 Å². The van der Waals surface area contributed by atoms with Gasteiger partial charge in [-0.15, -0.1) is 0 Å². The molecule has 0 aliphatic heterocycles. The van der Waals surface area contributed by atoms with Gasteiger partial charge in [0.25, 0.3) is 0 Å². The van der Waals surface area contributed by atoms with Crippen molar-refractivity contribution in [2.75, 3.05) is 6.54 Å². The van der Waals surface area contributed by atoms with Gasteiger partial charge in [0.15, 0.2) is 0 Å². The lowest BCUT2D eigenvalue weighted by atomic mass is 10.1. The average Bonchev–Trinajstić information content (AvgIpc) is 2.83. The van der Waals surface area contributed by atoms with Gasteiger partial charge in [0.05, 0.1) is 12.4 Å². The zero-order valence-corrected chi connectivity index (χ0v) is 10.9. The number of benzene rings is 1. The summed E-state index contributed by atoms with van der Waals surface area (Å²) in [5.41, 5.74) is 6.79. The smallest absolute Gasteiger partial charge is 0.129 e. The monoisotopic (exact) mass is 295 g/mol. The third-order valence-electron chi connectivity index (χ3n) is 2.44. The second kappa shape index (κ2) is 6.00. The molecule has 4 heteroatoms. The van der Waals surface area contributed by atoms with E-state index in [0.717, 1.165) is 15.8 Å². The quantitative estimate of drug-likeness (QED) is 0.921.